The number of ether oxygens (including phenoxy) is 1. The van der Waals surface area contributed by atoms with Crippen LogP contribution >= 0.6 is 0 Å². The number of carboxylic acid groups (broad SMARTS) is 1. The van der Waals surface area contributed by atoms with Gasteiger partial charge in [-0.3, -0.25) is 4.79 Å². The Labute approximate surface area is 122 Å². The second-order valence-electron chi connectivity index (χ2n) is 4.61. The largest absolute Gasteiger partial charge is 0.493 e. The van der Waals surface area contributed by atoms with E-state index in [4.69, 9.17) is 9.84 Å². The van der Waals surface area contributed by atoms with Crippen LogP contribution in [0.3, 0.4) is 0 Å². The zero-order valence-electron chi connectivity index (χ0n) is 11.5. The predicted octanol–water partition coefficient (Wildman–Crippen LogP) is 1.14. The molecule has 1 heterocycles. The molecule has 0 radical (unpaired) electrons. The second kappa shape index (κ2) is 7.23. The van der Waals surface area contributed by atoms with Gasteiger partial charge in [0, 0.05) is 12.0 Å². The number of aldehydes is 1. The molecule has 1 aromatic carbocycles. The maximum Gasteiger partial charge on any atom is 0.346 e. The normalized spacial score (nSPS) is 10.3. The number of aliphatic carboxylic acids is 1. The summed E-state index contributed by atoms with van der Waals surface area (Å²) in [4.78, 5) is 21.1. The van der Waals surface area contributed by atoms with Crippen molar-refractivity contribution in [2.24, 2.45) is 0 Å². The third-order valence-corrected chi connectivity index (χ3v) is 2.91. The van der Waals surface area contributed by atoms with Gasteiger partial charge in [-0.1, -0.05) is 0 Å². The second-order valence-corrected chi connectivity index (χ2v) is 4.61. The van der Waals surface area contributed by atoms with E-state index in [0.717, 1.165) is 25.0 Å². The molecule has 21 heavy (non-hydrogen) atoms. The quantitative estimate of drug-likeness (QED) is 0.449. The predicted molar refractivity (Wildman–Crippen MR) is 74.2 cm³/mol. The van der Waals surface area contributed by atoms with Crippen LogP contribution in [0.5, 0.6) is 5.75 Å². The number of carboxylic acids is 1. The molecule has 1 N–H and O–H groups in total. The summed E-state index contributed by atoms with van der Waals surface area (Å²) in [5.41, 5.74) is 0.623. The van der Waals surface area contributed by atoms with Crippen LogP contribution in [0, 0.1) is 0 Å². The molecule has 0 aliphatic heterocycles. The van der Waals surface area contributed by atoms with E-state index in [9.17, 15) is 9.59 Å². The van der Waals surface area contributed by atoms with Gasteiger partial charge in [-0.25, -0.2) is 13.9 Å². The molecule has 0 unspecified atom stereocenters. The number of aryl methyl sites for hydroxylation is 1. The van der Waals surface area contributed by atoms with Gasteiger partial charge in [0.1, 0.15) is 24.4 Å². The van der Waals surface area contributed by atoms with Gasteiger partial charge < -0.3 is 9.84 Å². The molecule has 0 saturated carbocycles. The van der Waals surface area contributed by atoms with Crippen molar-refractivity contribution in [2.45, 2.75) is 19.5 Å². The van der Waals surface area contributed by atoms with E-state index in [1.807, 2.05) is 10.8 Å². The molecular weight excluding hydrogens is 272 g/mol. The smallest absolute Gasteiger partial charge is 0.346 e. The van der Waals surface area contributed by atoms with E-state index in [1.165, 1.54) is 0 Å². The number of hydrogen-bond donors (Lipinski definition) is 1. The molecule has 0 spiro atoms. The zero-order chi connectivity index (χ0) is 15.1. The fourth-order valence-corrected chi connectivity index (χ4v) is 1.90. The van der Waals surface area contributed by atoms with E-state index in [2.05, 4.69) is 0 Å². The highest BCUT2D eigenvalue weighted by molar-refractivity contribution is 5.74. The van der Waals surface area contributed by atoms with Gasteiger partial charge >= 0.3 is 5.97 Å². The lowest BCUT2D eigenvalue weighted by Gasteiger charge is -2.04. The summed E-state index contributed by atoms with van der Waals surface area (Å²) < 4.78 is 9.10. The summed E-state index contributed by atoms with van der Waals surface area (Å²) in [5.74, 6) is -0.131. The average molecular weight is 289 g/mol. The first-order valence-corrected chi connectivity index (χ1v) is 6.62. The lowest BCUT2D eigenvalue weighted by Crippen LogP contribution is -2.35. The van der Waals surface area contributed by atoms with Crippen molar-refractivity contribution in [3.8, 4) is 5.75 Å². The van der Waals surface area contributed by atoms with Crippen LogP contribution in [0.4, 0.5) is 0 Å². The van der Waals surface area contributed by atoms with E-state index >= 15 is 0 Å². The first-order valence-electron chi connectivity index (χ1n) is 6.62. The molecule has 0 atom stereocenters. The fraction of sp³-hybridized carbons (Fsp3) is 0.267. The SMILES string of the molecule is O=Cc1ccc(OCCCn2cc[n+](CC(=O)O)c2)cc1. The van der Waals surface area contributed by atoms with Gasteiger partial charge in [0.15, 0.2) is 6.54 Å². The third-order valence-electron chi connectivity index (χ3n) is 2.91. The molecule has 0 fully saturated rings. The van der Waals surface area contributed by atoms with Crippen molar-refractivity contribution in [1.82, 2.24) is 4.57 Å². The van der Waals surface area contributed by atoms with Crippen molar-refractivity contribution in [3.05, 3.63) is 48.5 Å². The number of imidazole rings is 1. The number of aromatic nitrogens is 2. The van der Waals surface area contributed by atoms with Crippen molar-refractivity contribution < 1.29 is 24.0 Å². The lowest BCUT2D eigenvalue weighted by molar-refractivity contribution is -0.685. The monoisotopic (exact) mass is 289 g/mol. The Kier molecular flexibility index (Phi) is 5.09. The fourth-order valence-electron chi connectivity index (χ4n) is 1.90. The van der Waals surface area contributed by atoms with Crippen molar-refractivity contribution >= 4 is 12.3 Å². The van der Waals surface area contributed by atoms with E-state index in [1.54, 1.807) is 41.4 Å². The molecule has 0 amide bonds. The summed E-state index contributed by atoms with van der Waals surface area (Å²) >= 11 is 0. The third kappa shape index (κ3) is 4.76. The Balaban J connectivity index is 1.72. The molecular formula is C15H17N2O4+. The Bertz CT molecular complexity index is 604. The maximum absolute atomic E-state index is 10.6. The molecule has 6 nitrogen and oxygen atoms in total. The highest BCUT2D eigenvalue weighted by atomic mass is 16.5. The van der Waals surface area contributed by atoms with Crippen LogP contribution < -0.4 is 9.30 Å². The van der Waals surface area contributed by atoms with E-state index in [-0.39, 0.29) is 6.54 Å². The van der Waals surface area contributed by atoms with Gasteiger partial charge in [-0.05, 0) is 24.3 Å². The number of hydrogen-bond acceptors (Lipinski definition) is 3. The molecule has 2 rings (SSSR count). The zero-order valence-corrected chi connectivity index (χ0v) is 11.5. The van der Waals surface area contributed by atoms with Crippen LogP contribution in [0.1, 0.15) is 16.8 Å². The molecule has 0 saturated heterocycles. The standard InChI is InChI=1S/C15H16N2O4/c18-11-13-2-4-14(5-3-13)21-9-1-6-16-7-8-17(12-16)10-15(19)20/h2-5,7-8,11-12H,1,6,9-10H2/p+1. The van der Waals surface area contributed by atoms with Gasteiger partial charge in [-0.2, -0.15) is 0 Å². The van der Waals surface area contributed by atoms with Crippen molar-refractivity contribution in [3.63, 3.8) is 0 Å². The van der Waals surface area contributed by atoms with Crippen LogP contribution in [-0.4, -0.2) is 28.5 Å². The summed E-state index contributed by atoms with van der Waals surface area (Å²) in [6.45, 7) is 1.27. The Hall–Kier alpha value is -2.63. The topological polar surface area (TPSA) is 72.4 Å². The molecule has 2 aromatic rings. The molecule has 6 heteroatoms. The lowest BCUT2D eigenvalue weighted by atomic mass is 10.2. The van der Waals surface area contributed by atoms with Crippen molar-refractivity contribution in [1.29, 1.82) is 0 Å². The number of benzene rings is 1. The molecule has 0 aliphatic rings. The van der Waals surface area contributed by atoms with Gasteiger partial charge in [0.05, 0.1) is 13.2 Å². The minimum atomic E-state index is -0.861. The molecule has 0 bridgehead atoms. The molecule has 1 aromatic heterocycles. The highest BCUT2D eigenvalue weighted by Gasteiger charge is 2.07. The average Bonchev–Trinajstić information content (AvgIpc) is 2.91. The highest BCUT2D eigenvalue weighted by Crippen LogP contribution is 2.11. The van der Waals surface area contributed by atoms with Crippen LogP contribution in [0.2, 0.25) is 0 Å². The summed E-state index contributed by atoms with van der Waals surface area (Å²) in [7, 11) is 0. The number of carbonyl (C=O) groups excluding carboxylic acids is 1. The van der Waals surface area contributed by atoms with Gasteiger partial charge in [-0.15, -0.1) is 0 Å². The van der Waals surface area contributed by atoms with Crippen LogP contribution in [-0.2, 0) is 17.9 Å². The van der Waals surface area contributed by atoms with Crippen LogP contribution in [0.15, 0.2) is 43.0 Å². The summed E-state index contributed by atoms with van der Waals surface area (Å²) in [6.07, 6.45) is 6.92. The minimum absolute atomic E-state index is 0.0351. The van der Waals surface area contributed by atoms with Crippen LogP contribution in [0.25, 0.3) is 0 Å². The van der Waals surface area contributed by atoms with Crippen molar-refractivity contribution in [2.75, 3.05) is 6.61 Å². The number of rotatable bonds is 8. The molecule has 0 aliphatic carbocycles. The maximum atomic E-state index is 10.6. The first-order chi connectivity index (χ1) is 10.2. The van der Waals surface area contributed by atoms with Gasteiger partial charge in [0.2, 0.25) is 6.33 Å². The van der Waals surface area contributed by atoms with E-state index < -0.39 is 5.97 Å². The number of carbonyl (C=O) groups is 2. The van der Waals surface area contributed by atoms with E-state index in [0.29, 0.717) is 12.2 Å². The Morgan fingerprint density at radius 2 is 2.10 bits per heavy atom. The van der Waals surface area contributed by atoms with Gasteiger partial charge in [0.25, 0.3) is 0 Å². The number of nitrogens with zero attached hydrogens (tertiary/aromatic N) is 2. The minimum Gasteiger partial charge on any atom is -0.493 e. The summed E-state index contributed by atoms with van der Waals surface area (Å²) in [6, 6.07) is 6.95. The summed E-state index contributed by atoms with van der Waals surface area (Å²) in [5, 5.41) is 8.68. The Morgan fingerprint density at radius 3 is 2.76 bits per heavy atom. The first kappa shape index (κ1) is 14.8. The molecule has 110 valence electrons. The Morgan fingerprint density at radius 1 is 1.33 bits per heavy atom.